The molecule has 2 aliphatic heterocycles. The predicted molar refractivity (Wildman–Crippen MR) is 90.9 cm³/mol. The smallest absolute Gasteiger partial charge is 0.294 e. The SMILES string of the molecule is C#CCN1C(=O)S/C(=C/c2ccc(N3CCCCCC3)o2)C1=O. The summed E-state index contributed by atoms with van der Waals surface area (Å²) in [4.78, 5) is 27.5. The molecule has 0 aromatic carbocycles. The highest BCUT2D eigenvalue weighted by atomic mass is 32.2. The highest BCUT2D eigenvalue weighted by Gasteiger charge is 2.34. The van der Waals surface area contributed by atoms with Gasteiger partial charge in [-0.2, -0.15) is 0 Å². The quantitative estimate of drug-likeness (QED) is 0.628. The second kappa shape index (κ2) is 6.97. The van der Waals surface area contributed by atoms with Gasteiger partial charge < -0.3 is 9.32 Å². The number of furan rings is 1. The fourth-order valence-electron chi connectivity index (χ4n) is 2.74. The molecule has 0 bridgehead atoms. The third kappa shape index (κ3) is 3.45. The van der Waals surface area contributed by atoms with Crippen molar-refractivity contribution in [3.63, 3.8) is 0 Å². The Hall–Kier alpha value is -2.13. The monoisotopic (exact) mass is 330 g/mol. The summed E-state index contributed by atoms with van der Waals surface area (Å²) in [6, 6.07) is 3.75. The van der Waals surface area contributed by atoms with Crippen LogP contribution in [-0.2, 0) is 4.79 Å². The summed E-state index contributed by atoms with van der Waals surface area (Å²) in [5, 5.41) is -0.335. The van der Waals surface area contributed by atoms with E-state index in [0.717, 1.165) is 35.6 Å². The molecule has 0 aliphatic carbocycles. The second-order valence-corrected chi connectivity index (χ2v) is 6.54. The molecule has 1 aromatic heterocycles. The minimum absolute atomic E-state index is 0.000804. The van der Waals surface area contributed by atoms with Crippen molar-refractivity contribution < 1.29 is 14.0 Å². The molecule has 3 rings (SSSR count). The molecule has 2 aliphatic rings. The molecular formula is C17H18N2O3S. The molecule has 6 heteroatoms. The average Bonchev–Trinajstić information content (AvgIpc) is 2.97. The average molecular weight is 330 g/mol. The van der Waals surface area contributed by atoms with E-state index >= 15 is 0 Å². The van der Waals surface area contributed by atoms with E-state index in [1.54, 1.807) is 6.08 Å². The van der Waals surface area contributed by atoms with E-state index in [4.69, 9.17) is 10.8 Å². The minimum Gasteiger partial charge on any atom is -0.441 e. The fraction of sp³-hybridized carbons (Fsp3) is 0.412. The molecule has 0 spiro atoms. The van der Waals surface area contributed by atoms with Gasteiger partial charge in [0.1, 0.15) is 5.76 Å². The van der Waals surface area contributed by atoms with Crippen molar-refractivity contribution >= 4 is 34.9 Å². The fourth-order valence-corrected chi connectivity index (χ4v) is 3.56. The van der Waals surface area contributed by atoms with Gasteiger partial charge in [-0.25, -0.2) is 0 Å². The van der Waals surface area contributed by atoms with Crippen molar-refractivity contribution in [2.24, 2.45) is 0 Å². The van der Waals surface area contributed by atoms with Crippen molar-refractivity contribution in [2.45, 2.75) is 25.7 Å². The van der Waals surface area contributed by atoms with Gasteiger partial charge in [0.05, 0.1) is 11.4 Å². The second-order valence-electron chi connectivity index (χ2n) is 5.55. The lowest BCUT2D eigenvalue weighted by Crippen LogP contribution is -2.28. The maximum atomic E-state index is 12.1. The van der Waals surface area contributed by atoms with Crippen molar-refractivity contribution in [3.8, 4) is 12.3 Å². The normalized spacial score (nSPS) is 20.9. The number of thioether (sulfide) groups is 1. The highest BCUT2D eigenvalue weighted by Crippen LogP contribution is 2.33. The molecule has 1 aromatic rings. The molecule has 0 unspecified atom stereocenters. The van der Waals surface area contributed by atoms with Crippen LogP contribution in [0.2, 0.25) is 0 Å². The van der Waals surface area contributed by atoms with E-state index < -0.39 is 0 Å². The minimum atomic E-state index is -0.356. The van der Waals surface area contributed by atoms with Crippen LogP contribution in [0, 0.1) is 12.3 Å². The van der Waals surface area contributed by atoms with E-state index in [2.05, 4.69) is 10.8 Å². The maximum absolute atomic E-state index is 12.1. The first-order chi connectivity index (χ1) is 11.2. The zero-order valence-electron chi connectivity index (χ0n) is 12.8. The summed E-state index contributed by atoms with van der Waals surface area (Å²) in [6.07, 6.45) is 11.6. The molecule has 0 atom stereocenters. The lowest BCUT2D eigenvalue weighted by atomic mass is 10.2. The van der Waals surface area contributed by atoms with E-state index in [1.165, 1.54) is 25.7 Å². The van der Waals surface area contributed by atoms with Crippen LogP contribution in [0.25, 0.3) is 6.08 Å². The van der Waals surface area contributed by atoms with E-state index in [9.17, 15) is 9.59 Å². The number of nitrogens with zero attached hydrogens (tertiary/aromatic N) is 2. The number of hydrogen-bond acceptors (Lipinski definition) is 5. The topological polar surface area (TPSA) is 53.8 Å². The molecule has 3 heterocycles. The zero-order valence-corrected chi connectivity index (χ0v) is 13.6. The van der Waals surface area contributed by atoms with Crippen LogP contribution >= 0.6 is 11.8 Å². The van der Waals surface area contributed by atoms with Crippen molar-refractivity contribution in [2.75, 3.05) is 24.5 Å². The van der Waals surface area contributed by atoms with Gasteiger partial charge in [0.15, 0.2) is 5.88 Å². The first-order valence-electron chi connectivity index (χ1n) is 7.72. The molecule has 0 radical (unpaired) electrons. The van der Waals surface area contributed by atoms with Gasteiger partial charge in [0.25, 0.3) is 11.1 Å². The summed E-state index contributed by atoms with van der Waals surface area (Å²) in [5.74, 6) is 3.37. The number of carbonyl (C=O) groups is 2. The number of anilines is 1. The van der Waals surface area contributed by atoms with Gasteiger partial charge in [0.2, 0.25) is 0 Å². The van der Waals surface area contributed by atoms with Gasteiger partial charge in [-0.1, -0.05) is 18.8 Å². The van der Waals surface area contributed by atoms with Crippen molar-refractivity contribution in [1.82, 2.24) is 4.90 Å². The Morgan fingerprint density at radius 1 is 1.22 bits per heavy atom. The van der Waals surface area contributed by atoms with Gasteiger partial charge in [-0.3, -0.25) is 14.5 Å². The van der Waals surface area contributed by atoms with E-state index in [1.807, 2.05) is 12.1 Å². The van der Waals surface area contributed by atoms with Crippen LogP contribution in [0.5, 0.6) is 0 Å². The van der Waals surface area contributed by atoms with Gasteiger partial charge in [-0.05, 0) is 30.7 Å². The van der Waals surface area contributed by atoms with Gasteiger partial charge >= 0.3 is 0 Å². The van der Waals surface area contributed by atoms with Crippen LogP contribution in [-0.4, -0.2) is 35.7 Å². The Morgan fingerprint density at radius 2 is 1.96 bits per heavy atom. The van der Waals surface area contributed by atoms with Crippen LogP contribution in [0.15, 0.2) is 21.5 Å². The standard InChI is InChI=1S/C17H18N2O3S/c1-2-9-19-16(20)14(23-17(19)21)12-13-7-8-15(22-13)18-10-5-3-4-6-11-18/h1,7-8,12H,3-6,9-11H2/b14-12+. The van der Waals surface area contributed by atoms with Crippen molar-refractivity contribution in [3.05, 3.63) is 22.8 Å². The summed E-state index contributed by atoms with van der Waals surface area (Å²) >= 11 is 0.894. The Balaban J connectivity index is 1.75. The summed E-state index contributed by atoms with van der Waals surface area (Å²) in [7, 11) is 0. The third-order valence-corrected chi connectivity index (χ3v) is 4.83. The van der Waals surface area contributed by atoms with Crippen molar-refractivity contribution in [1.29, 1.82) is 0 Å². The first kappa shape index (κ1) is 15.8. The molecule has 2 fully saturated rings. The first-order valence-corrected chi connectivity index (χ1v) is 8.54. The molecule has 0 N–H and O–H groups in total. The van der Waals surface area contributed by atoms with Crippen LogP contribution in [0.1, 0.15) is 31.4 Å². The molecule has 2 saturated heterocycles. The number of terminal acetylenes is 1. The molecule has 120 valence electrons. The van der Waals surface area contributed by atoms with Crippen LogP contribution in [0.4, 0.5) is 10.7 Å². The summed E-state index contributed by atoms with van der Waals surface area (Å²) in [6.45, 7) is 1.98. The Bertz CT molecular complexity index is 678. The lowest BCUT2D eigenvalue weighted by Gasteiger charge is -2.18. The Morgan fingerprint density at radius 3 is 2.65 bits per heavy atom. The summed E-state index contributed by atoms with van der Waals surface area (Å²) in [5.41, 5.74) is 0. The maximum Gasteiger partial charge on any atom is 0.294 e. The Kier molecular flexibility index (Phi) is 4.77. The Labute approximate surface area is 139 Å². The van der Waals surface area contributed by atoms with Gasteiger partial charge in [0, 0.05) is 25.2 Å². The number of rotatable bonds is 3. The van der Waals surface area contributed by atoms with E-state index in [0.29, 0.717) is 10.7 Å². The molecule has 2 amide bonds. The lowest BCUT2D eigenvalue weighted by molar-refractivity contribution is -0.122. The number of hydrogen-bond donors (Lipinski definition) is 0. The number of carbonyl (C=O) groups excluding carboxylic acids is 2. The zero-order chi connectivity index (χ0) is 16.2. The van der Waals surface area contributed by atoms with E-state index in [-0.39, 0.29) is 17.7 Å². The van der Waals surface area contributed by atoms with Crippen LogP contribution in [0.3, 0.4) is 0 Å². The predicted octanol–water partition coefficient (Wildman–Crippen LogP) is 3.33. The molecule has 5 nitrogen and oxygen atoms in total. The highest BCUT2D eigenvalue weighted by molar-refractivity contribution is 8.18. The molecular weight excluding hydrogens is 312 g/mol. The third-order valence-electron chi connectivity index (χ3n) is 3.93. The molecule has 0 saturated carbocycles. The number of imide groups is 1. The number of amides is 2. The summed E-state index contributed by atoms with van der Waals surface area (Å²) < 4.78 is 5.83. The molecule has 23 heavy (non-hydrogen) atoms. The van der Waals surface area contributed by atoms with Gasteiger partial charge in [-0.15, -0.1) is 6.42 Å². The van der Waals surface area contributed by atoms with Crippen LogP contribution < -0.4 is 4.90 Å². The largest absolute Gasteiger partial charge is 0.441 e.